The molecule has 0 saturated carbocycles. The molecule has 0 heterocycles. The average molecular weight is 242 g/mol. The molecule has 0 bridgehead atoms. The number of carbonyl (C=O) groups is 2. The van der Waals surface area contributed by atoms with E-state index >= 15 is 0 Å². The number of anilines is 1. The molecule has 1 aromatic rings. The van der Waals surface area contributed by atoms with E-state index in [1.54, 1.807) is 18.2 Å². The summed E-state index contributed by atoms with van der Waals surface area (Å²) >= 11 is 5.88. The third-order valence-corrected chi connectivity index (χ3v) is 2.43. The summed E-state index contributed by atoms with van der Waals surface area (Å²) in [5, 5.41) is 11.6. The zero-order valence-electron chi connectivity index (χ0n) is 8.79. The average Bonchev–Trinajstić information content (AvgIpc) is 2.21. The number of carboxylic acids is 1. The van der Waals surface area contributed by atoms with Crippen LogP contribution in [0.15, 0.2) is 18.2 Å². The van der Waals surface area contributed by atoms with Gasteiger partial charge in [-0.25, -0.2) is 0 Å². The summed E-state index contributed by atoms with van der Waals surface area (Å²) in [6.45, 7) is 1.86. The first-order valence-electron chi connectivity index (χ1n) is 4.77. The Kier molecular flexibility index (Phi) is 4.31. The number of halogens is 1. The van der Waals surface area contributed by atoms with Crippen molar-refractivity contribution in [3.63, 3.8) is 0 Å². The molecule has 0 aromatic heterocycles. The van der Waals surface area contributed by atoms with Gasteiger partial charge in [0.15, 0.2) is 0 Å². The Balaban J connectivity index is 2.56. The van der Waals surface area contributed by atoms with Crippen molar-refractivity contribution >= 4 is 29.2 Å². The summed E-state index contributed by atoms with van der Waals surface area (Å²) in [5.74, 6) is -1.32. The van der Waals surface area contributed by atoms with Gasteiger partial charge in [-0.3, -0.25) is 9.59 Å². The minimum atomic E-state index is -0.989. The molecular formula is C11H12ClNO3. The number of hydrogen-bond donors (Lipinski definition) is 2. The van der Waals surface area contributed by atoms with Crippen LogP contribution in [-0.4, -0.2) is 17.0 Å². The summed E-state index contributed by atoms with van der Waals surface area (Å²) in [6, 6.07) is 5.14. The summed E-state index contributed by atoms with van der Waals surface area (Å²) in [5.41, 5.74) is 1.50. The predicted molar refractivity (Wildman–Crippen MR) is 61.7 cm³/mol. The largest absolute Gasteiger partial charge is 0.481 e. The van der Waals surface area contributed by atoms with E-state index in [0.717, 1.165) is 5.56 Å². The maximum atomic E-state index is 11.3. The molecule has 1 amide bonds. The van der Waals surface area contributed by atoms with Gasteiger partial charge in [0.1, 0.15) is 0 Å². The molecule has 0 spiro atoms. The van der Waals surface area contributed by atoms with Gasteiger partial charge in [-0.05, 0) is 24.6 Å². The number of aryl methyl sites for hydroxylation is 1. The lowest BCUT2D eigenvalue weighted by Crippen LogP contribution is -2.13. The van der Waals surface area contributed by atoms with Crippen LogP contribution in [0.25, 0.3) is 0 Å². The molecule has 1 rings (SSSR count). The Morgan fingerprint density at radius 3 is 2.62 bits per heavy atom. The van der Waals surface area contributed by atoms with Gasteiger partial charge in [0.25, 0.3) is 0 Å². The van der Waals surface area contributed by atoms with Gasteiger partial charge in [-0.15, -0.1) is 0 Å². The Bertz CT molecular complexity index is 418. The van der Waals surface area contributed by atoms with Crippen LogP contribution in [0.4, 0.5) is 5.69 Å². The molecule has 0 aliphatic rings. The van der Waals surface area contributed by atoms with Crippen LogP contribution in [-0.2, 0) is 9.59 Å². The number of benzene rings is 1. The molecule has 0 aliphatic heterocycles. The van der Waals surface area contributed by atoms with Gasteiger partial charge in [-0.1, -0.05) is 17.7 Å². The van der Waals surface area contributed by atoms with Gasteiger partial charge in [-0.2, -0.15) is 0 Å². The topological polar surface area (TPSA) is 66.4 Å². The first-order valence-corrected chi connectivity index (χ1v) is 5.14. The molecule has 5 heteroatoms. The highest BCUT2D eigenvalue weighted by Gasteiger charge is 2.06. The molecule has 0 aliphatic carbocycles. The van der Waals surface area contributed by atoms with Crippen LogP contribution < -0.4 is 5.32 Å². The minimum Gasteiger partial charge on any atom is -0.481 e. The summed E-state index contributed by atoms with van der Waals surface area (Å²) in [4.78, 5) is 21.5. The number of aliphatic carboxylic acids is 1. The molecule has 0 atom stereocenters. The fraction of sp³-hybridized carbons (Fsp3) is 0.273. The highest BCUT2D eigenvalue weighted by Crippen LogP contribution is 2.20. The third kappa shape index (κ3) is 3.90. The van der Waals surface area contributed by atoms with E-state index in [9.17, 15) is 9.59 Å². The lowest BCUT2D eigenvalue weighted by Gasteiger charge is -2.05. The Labute approximate surface area is 98.2 Å². The van der Waals surface area contributed by atoms with Crippen molar-refractivity contribution in [2.45, 2.75) is 19.8 Å². The number of carbonyl (C=O) groups excluding carboxylic acids is 1. The van der Waals surface area contributed by atoms with E-state index in [0.29, 0.717) is 10.7 Å². The molecule has 86 valence electrons. The normalized spacial score (nSPS) is 9.88. The van der Waals surface area contributed by atoms with Gasteiger partial charge in [0.05, 0.1) is 6.42 Å². The molecule has 0 radical (unpaired) electrons. The lowest BCUT2D eigenvalue weighted by atomic mass is 10.2. The number of hydrogen-bond acceptors (Lipinski definition) is 2. The quantitative estimate of drug-likeness (QED) is 0.851. The first-order chi connectivity index (χ1) is 7.49. The number of amides is 1. The zero-order chi connectivity index (χ0) is 12.1. The van der Waals surface area contributed by atoms with E-state index < -0.39 is 5.97 Å². The van der Waals surface area contributed by atoms with E-state index in [2.05, 4.69) is 5.32 Å². The van der Waals surface area contributed by atoms with Crippen molar-refractivity contribution in [2.75, 3.05) is 5.32 Å². The molecular weight excluding hydrogens is 230 g/mol. The minimum absolute atomic E-state index is 0.0408. The first kappa shape index (κ1) is 12.5. The monoisotopic (exact) mass is 241 g/mol. The predicted octanol–water partition coefficient (Wildman–Crippen LogP) is 2.45. The van der Waals surface area contributed by atoms with Crippen LogP contribution in [0.1, 0.15) is 18.4 Å². The lowest BCUT2D eigenvalue weighted by molar-refractivity contribution is -0.138. The zero-order valence-corrected chi connectivity index (χ0v) is 9.54. The summed E-state index contributed by atoms with van der Waals surface area (Å²) in [6.07, 6.45) is -0.216. The van der Waals surface area contributed by atoms with Crippen LogP contribution in [0, 0.1) is 6.92 Å². The molecule has 0 saturated heterocycles. The van der Waals surface area contributed by atoms with Crippen molar-refractivity contribution in [1.29, 1.82) is 0 Å². The van der Waals surface area contributed by atoms with Crippen molar-refractivity contribution in [3.8, 4) is 0 Å². The van der Waals surface area contributed by atoms with Gasteiger partial charge in [0, 0.05) is 17.1 Å². The maximum Gasteiger partial charge on any atom is 0.303 e. The van der Waals surface area contributed by atoms with Crippen molar-refractivity contribution in [1.82, 2.24) is 0 Å². The van der Waals surface area contributed by atoms with E-state index in [1.165, 1.54) is 0 Å². The molecule has 2 N–H and O–H groups in total. The Morgan fingerprint density at radius 2 is 2.06 bits per heavy atom. The van der Waals surface area contributed by atoms with Crippen LogP contribution >= 0.6 is 11.6 Å². The van der Waals surface area contributed by atoms with E-state index in [4.69, 9.17) is 16.7 Å². The van der Waals surface area contributed by atoms with Crippen molar-refractivity contribution in [2.24, 2.45) is 0 Å². The number of carboxylic acid groups (broad SMARTS) is 1. The van der Waals surface area contributed by atoms with Crippen LogP contribution in [0.3, 0.4) is 0 Å². The second-order valence-corrected chi connectivity index (χ2v) is 3.81. The standard InChI is InChI=1S/C11H12ClNO3/c1-7-2-3-8(6-9(7)12)13-10(14)4-5-11(15)16/h2-3,6H,4-5H2,1H3,(H,13,14)(H,15,16). The third-order valence-electron chi connectivity index (χ3n) is 2.02. The highest BCUT2D eigenvalue weighted by molar-refractivity contribution is 6.31. The van der Waals surface area contributed by atoms with Crippen LogP contribution in [0.5, 0.6) is 0 Å². The van der Waals surface area contributed by atoms with Gasteiger partial charge < -0.3 is 10.4 Å². The Morgan fingerprint density at radius 1 is 1.38 bits per heavy atom. The smallest absolute Gasteiger partial charge is 0.303 e. The SMILES string of the molecule is Cc1ccc(NC(=O)CCC(=O)O)cc1Cl. The second-order valence-electron chi connectivity index (χ2n) is 3.41. The molecule has 0 fully saturated rings. The highest BCUT2D eigenvalue weighted by atomic mass is 35.5. The van der Waals surface area contributed by atoms with Crippen molar-refractivity contribution < 1.29 is 14.7 Å². The second kappa shape index (κ2) is 5.51. The van der Waals surface area contributed by atoms with E-state index in [-0.39, 0.29) is 18.7 Å². The van der Waals surface area contributed by atoms with Gasteiger partial charge in [0.2, 0.25) is 5.91 Å². The molecule has 16 heavy (non-hydrogen) atoms. The maximum absolute atomic E-state index is 11.3. The van der Waals surface area contributed by atoms with Crippen molar-refractivity contribution in [3.05, 3.63) is 28.8 Å². The molecule has 0 unspecified atom stereocenters. The number of rotatable bonds is 4. The van der Waals surface area contributed by atoms with Gasteiger partial charge >= 0.3 is 5.97 Å². The van der Waals surface area contributed by atoms with E-state index in [1.807, 2.05) is 6.92 Å². The fourth-order valence-electron chi connectivity index (χ4n) is 1.11. The fourth-order valence-corrected chi connectivity index (χ4v) is 1.30. The Hall–Kier alpha value is -1.55. The molecule has 1 aromatic carbocycles. The summed E-state index contributed by atoms with van der Waals surface area (Å²) < 4.78 is 0. The summed E-state index contributed by atoms with van der Waals surface area (Å²) in [7, 11) is 0. The van der Waals surface area contributed by atoms with Crippen LogP contribution in [0.2, 0.25) is 5.02 Å². The number of nitrogens with one attached hydrogen (secondary N) is 1. The molecule has 4 nitrogen and oxygen atoms in total.